The van der Waals surface area contributed by atoms with Crippen LogP contribution in [0.1, 0.15) is 50.4 Å². The van der Waals surface area contributed by atoms with Crippen molar-refractivity contribution in [3.05, 3.63) is 29.8 Å². The van der Waals surface area contributed by atoms with E-state index in [0.29, 0.717) is 12.1 Å². The Balaban J connectivity index is 0.00000191. The number of benzene rings is 1. The Bertz CT molecular complexity index is 509. The van der Waals surface area contributed by atoms with E-state index in [0.717, 1.165) is 25.5 Å². The predicted molar refractivity (Wildman–Crippen MR) is 85.1 cm³/mol. The van der Waals surface area contributed by atoms with Gasteiger partial charge in [0, 0.05) is 12.1 Å². The molecule has 0 bridgehead atoms. The van der Waals surface area contributed by atoms with Gasteiger partial charge in [-0.3, -0.25) is 4.79 Å². The molecule has 0 saturated heterocycles. The molecule has 0 unspecified atom stereocenters. The van der Waals surface area contributed by atoms with Crippen LogP contribution in [0.3, 0.4) is 0 Å². The summed E-state index contributed by atoms with van der Waals surface area (Å²) >= 11 is 0. The number of unbranched alkanes of at least 4 members (excludes halogenated alkanes) is 2. The summed E-state index contributed by atoms with van der Waals surface area (Å²) in [6.45, 7) is 6.75. The number of nitrogens with one attached hydrogen (secondary N) is 1. The van der Waals surface area contributed by atoms with Crippen molar-refractivity contribution in [2.75, 3.05) is 12.8 Å². The third-order valence-electron chi connectivity index (χ3n) is 2.43. The van der Waals surface area contributed by atoms with Gasteiger partial charge in [0.15, 0.2) is 0 Å². The second-order valence-electron chi connectivity index (χ2n) is 4.27. The Morgan fingerprint density at radius 1 is 1.14 bits per heavy atom. The van der Waals surface area contributed by atoms with Crippen LogP contribution in [0.2, 0.25) is 0 Å². The molecule has 0 aliphatic rings. The van der Waals surface area contributed by atoms with Crippen molar-refractivity contribution in [3.63, 3.8) is 0 Å². The summed E-state index contributed by atoms with van der Waals surface area (Å²) in [6, 6.07) is 6.00. The average Bonchev–Trinajstić information content (AvgIpc) is 2.44. The zero-order chi connectivity index (χ0) is 16.3. The molecule has 0 aliphatic heterocycles. The van der Waals surface area contributed by atoms with E-state index < -0.39 is 10.1 Å². The Hall–Kier alpha value is -1.56. The fourth-order valence-corrected chi connectivity index (χ4v) is 1.98. The highest BCUT2D eigenvalue weighted by molar-refractivity contribution is 7.86. The smallest absolute Gasteiger partial charge is 0.306 e. The molecular weight excluding hydrogens is 290 g/mol. The van der Waals surface area contributed by atoms with E-state index >= 15 is 0 Å². The van der Waals surface area contributed by atoms with Crippen LogP contribution in [-0.2, 0) is 10.1 Å². The van der Waals surface area contributed by atoms with Crippen molar-refractivity contribution in [1.82, 2.24) is 5.32 Å². The summed E-state index contributed by atoms with van der Waals surface area (Å²) in [4.78, 5) is 11.7. The molecular formula is C15H25NO4S. The van der Waals surface area contributed by atoms with Crippen LogP contribution in [0, 0.1) is 0 Å². The SMILES string of the molecule is CC.CCCCCNC(=O)c1ccc(OS(C)(=O)=O)cc1. The van der Waals surface area contributed by atoms with Crippen molar-refractivity contribution in [1.29, 1.82) is 0 Å². The van der Waals surface area contributed by atoms with Crippen LogP contribution in [0.15, 0.2) is 24.3 Å². The number of hydrogen-bond donors (Lipinski definition) is 1. The lowest BCUT2D eigenvalue weighted by Gasteiger charge is -2.06. The first-order valence-corrected chi connectivity index (χ1v) is 9.02. The van der Waals surface area contributed by atoms with Gasteiger partial charge in [0.05, 0.1) is 6.26 Å². The molecule has 1 aromatic carbocycles. The van der Waals surface area contributed by atoms with Crippen LogP contribution in [0.25, 0.3) is 0 Å². The van der Waals surface area contributed by atoms with Crippen molar-refractivity contribution >= 4 is 16.0 Å². The normalized spacial score (nSPS) is 10.3. The highest BCUT2D eigenvalue weighted by Crippen LogP contribution is 2.13. The van der Waals surface area contributed by atoms with Crippen molar-refractivity contribution in [2.45, 2.75) is 40.0 Å². The maximum atomic E-state index is 11.7. The van der Waals surface area contributed by atoms with Crippen LogP contribution in [0.4, 0.5) is 0 Å². The van der Waals surface area contributed by atoms with E-state index in [-0.39, 0.29) is 11.7 Å². The molecule has 120 valence electrons. The minimum Gasteiger partial charge on any atom is -0.383 e. The third-order valence-corrected chi connectivity index (χ3v) is 2.93. The summed E-state index contributed by atoms with van der Waals surface area (Å²) in [5.74, 6) is 0.0343. The average molecular weight is 315 g/mol. The Kier molecular flexibility index (Phi) is 9.45. The van der Waals surface area contributed by atoms with Gasteiger partial charge >= 0.3 is 10.1 Å². The van der Waals surface area contributed by atoms with Crippen LogP contribution < -0.4 is 9.50 Å². The number of carbonyl (C=O) groups is 1. The number of amides is 1. The quantitative estimate of drug-likeness (QED) is 0.620. The van der Waals surface area contributed by atoms with E-state index in [4.69, 9.17) is 4.18 Å². The van der Waals surface area contributed by atoms with E-state index in [1.54, 1.807) is 0 Å². The fourth-order valence-electron chi connectivity index (χ4n) is 1.52. The molecule has 0 atom stereocenters. The highest BCUT2D eigenvalue weighted by Gasteiger charge is 2.07. The maximum absolute atomic E-state index is 11.7. The number of hydrogen-bond acceptors (Lipinski definition) is 4. The molecule has 21 heavy (non-hydrogen) atoms. The Morgan fingerprint density at radius 3 is 2.19 bits per heavy atom. The molecule has 0 fully saturated rings. The second kappa shape index (κ2) is 10.2. The van der Waals surface area contributed by atoms with Gasteiger partial charge < -0.3 is 9.50 Å². The Morgan fingerprint density at radius 2 is 1.71 bits per heavy atom. The van der Waals surface area contributed by atoms with Gasteiger partial charge in [-0.05, 0) is 30.7 Å². The molecule has 0 spiro atoms. The molecule has 1 aromatic rings. The van der Waals surface area contributed by atoms with Crippen LogP contribution >= 0.6 is 0 Å². The predicted octanol–water partition coefficient (Wildman–Crippen LogP) is 2.97. The van der Waals surface area contributed by atoms with E-state index in [1.165, 1.54) is 24.3 Å². The summed E-state index contributed by atoms with van der Waals surface area (Å²) in [5.41, 5.74) is 0.484. The molecule has 0 heterocycles. The first-order chi connectivity index (χ1) is 9.92. The van der Waals surface area contributed by atoms with E-state index in [1.807, 2.05) is 13.8 Å². The zero-order valence-electron chi connectivity index (χ0n) is 13.2. The topological polar surface area (TPSA) is 72.5 Å². The van der Waals surface area contributed by atoms with Crippen molar-refractivity contribution in [2.24, 2.45) is 0 Å². The first-order valence-electron chi connectivity index (χ1n) is 7.20. The lowest BCUT2D eigenvalue weighted by Crippen LogP contribution is -2.24. The summed E-state index contributed by atoms with van der Waals surface area (Å²) in [6.07, 6.45) is 4.12. The molecule has 0 aliphatic carbocycles. The van der Waals surface area contributed by atoms with Crippen molar-refractivity contribution in [3.8, 4) is 5.75 Å². The van der Waals surface area contributed by atoms with Crippen LogP contribution in [0.5, 0.6) is 5.75 Å². The van der Waals surface area contributed by atoms with Crippen molar-refractivity contribution < 1.29 is 17.4 Å². The molecule has 5 nitrogen and oxygen atoms in total. The number of rotatable bonds is 7. The molecule has 1 rings (SSSR count). The van der Waals surface area contributed by atoms with Gasteiger partial charge in [-0.1, -0.05) is 33.6 Å². The van der Waals surface area contributed by atoms with Gasteiger partial charge in [0.2, 0.25) is 0 Å². The fraction of sp³-hybridized carbons (Fsp3) is 0.533. The van der Waals surface area contributed by atoms with E-state index in [9.17, 15) is 13.2 Å². The first kappa shape index (κ1) is 19.4. The molecule has 0 radical (unpaired) electrons. The minimum atomic E-state index is -3.53. The van der Waals surface area contributed by atoms with Gasteiger partial charge in [0.1, 0.15) is 5.75 Å². The van der Waals surface area contributed by atoms with E-state index in [2.05, 4.69) is 12.2 Å². The summed E-state index contributed by atoms with van der Waals surface area (Å²) in [7, 11) is -3.53. The maximum Gasteiger partial charge on any atom is 0.306 e. The van der Waals surface area contributed by atoms with Gasteiger partial charge in [-0.15, -0.1) is 0 Å². The molecule has 0 aromatic heterocycles. The lowest BCUT2D eigenvalue weighted by atomic mass is 10.2. The molecule has 6 heteroatoms. The van der Waals surface area contributed by atoms with Crippen LogP contribution in [-0.4, -0.2) is 27.1 Å². The van der Waals surface area contributed by atoms with Gasteiger partial charge in [-0.2, -0.15) is 8.42 Å². The lowest BCUT2D eigenvalue weighted by molar-refractivity contribution is 0.0953. The standard InChI is InChI=1S/C13H19NO4S.C2H6/c1-3-4-5-10-14-13(15)11-6-8-12(9-7-11)18-19(2,16)17;1-2/h6-9H,3-5,10H2,1-2H3,(H,14,15);1-2H3. The molecule has 1 amide bonds. The third kappa shape index (κ3) is 9.07. The molecule has 0 saturated carbocycles. The minimum absolute atomic E-state index is 0.165. The zero-order valence-corrected chi connectivity index (χ0v) is 14.0. The monoisotopic (exact) mass is 315 g/mol. The molecule has 1 N–H and O–H groups in total. The second-order valence-corrected chi connectivity index (χ2v) is 5.85. The van der Waals surface area contributed by atoms with Gasteiger partial charge in [-0.25, -0.2) is 0 Å². The largest absolute Gasteiger partial charge is 0.383 e. The summed E-state index contributed by atoms with van der Waals surface area (Å²) in [5, 5.41) is 2.80. The summed E-state index contributed by atoms with van der Waals surface area (Å²) < 4.78 is 26.5. The number of carbonyl (C=O) groups excluding carboxylic acids is 1. The van der Waals surface area contributed by atoms with Gasteiger partial charge in [0.25, 0.3) is 5.91 Å². The Labute approximate surface area is 127 Å². The highest BCUT2D eigenvalue weighted by atomic mass is 32.2.